The maximum absolute atomic E-state index is 11.3. The lowest BCUT2D eigenvalue weighted by atomic mass is 9.94. The number of aromatic carboxylic acids is 1. The topological polar surface area (TPSA) is 106 Å². The molecular formula is C29H42N4O6. The highest BCUT2D eigenvalue weighted by molar-refractivity contribution is 5.85. The molecule has 0 aromatic carbocycles. The molecule has 3 heterocycles. The fourth-order valence-corrected chi connectivity index (χ4v) is 5.00. The van der Waals surface area contributed by atoms with Crippen LogP contribution in [0.15, 0.2) is 42.6 Å². The molecule has 1 saturated carbocycles. The van der Waals surface area contributed by atoms with Crippen LogP contribution in [0.4, 0.5) is 0 Å². The van der Waals surface area contributed by atoms with Crippen LogP contribution in [0.2, 0.25) is 0 Å². The van der Waals surface area contributed by atoms with Gasteiger partial charge in [0.1, 0.15) is 5.69 Å². The predicted molar refractivity (Wildman–Crippen MR) is 146 cm³/mol. The molecule has 10 heteroatoms. The normalized spacial score (nSPS) is 23.8. The Labute approximate surface area is 231 Å². The zero-order valence-corrected chi connectivity index (χ0v) is 22.8. The summed E-state index contributed by atoms with van der Waals surface area (Å²) in [7, 11) is 0. The number of carboxylic acid groups (broad SMARTS) is 1. The maximum Gasteiger partial charge on any atom is 0.354 e. The molecule has 0 amide bonds. The molecule has 1 N–H and O–H groups in total. The molecule has 1 saturated heterocycles. The summed E-state index contributed by atoms with van der Waals surface area (Å²) in [6.07, 6.45) is 6.32. The molecule has 0 unspecified atom stereocenters. The molecule has 1 aliphatic heterocycles. The Balaban J connectivity index is 1.35. The summed E-state index contributed by atoms with van der Waals surface area (Å²) in [6, 6.07) is 11.1. The number of ether oxygens (including phenoxy) is 4. The highest BCUT2D eigenvalue weighted by Gasteiger charge is 2.27. The lowest BCUT2D eigenvalue weighted by Gasteiger charge is -2.33. The van der Waals surface area contributed by atoms with E-state index in [1.165, 1.54) is 6.07 Å². The van der Waals surface area contributed by atoms with E-state index in [0.717, 1.165) is 56.7 Å². The molecule has 2 aliphatic rings. The number of pyridine rings is 2. The molecule has 39 heavy (non-hydrogen) atoms. The van der Waals surface area contributed by atoms with Gasteiger partial charge in [0.05, 0.1) is 63.2 Å². The van der Waals surface area contributed by atoms with Gasteiger partial charge in [-0.2, -0.15) is 0 Å². The fraction of sp³-hybridized carbons (Fsp3) is 0.621. The summed E-state index contributed by atoms with van der Waals surface area (Å²) < 4.78 is 24.5. The minimum atomic E-state index is -1.02. The molecule has 0 spiro atoms. The van der Waals surface area contributed by atoms with Gasteiger partial charge in [0, 0.05) is 45.5 Å². The van der Waals surface area contributed by atoms with Crippen molar-refractivity contribution in [3.05, 3.63) is 59.7 Å². The summed E-state index contributed by atoms with van der Waals surface area (Å²) in [6.45, 7) is 7.67. The molecule has 4 rings (SSSR count). The third-order valence-corrected chi connectivity index (χ3v) is 7.12. The van der Waals surface area contributed by atoms with Gasteiger partial charge < -0.3 is 24.1 Å². The van der Waals surface area contributed by atoms with Crippen molar-refractivity contribution in [3.63, 3.8) is 0 Å². The van der Waals surface area contributed by atoms with Crippen LogP contribution in [0.25, 0.3) is 0 Å². The Morgan fingerprint density at radius 1 is 0.769 bits per heavy atom. The number of carboxylic acids is 1. The Morgan fingerprint density at radius 3 is 1.95 bits per heavy atom. The third-order valence-electron chi connectivity index (χ3n) is 7.12. The van der Waals surface area contributed by atoms with Gasteiger partial charge in [0.2, 0.25) is 0 Å². The van der Waals surface area contributed by atoms with Gasteiger partial charge in [0.25, 0.3) is 0 Å². The van der Waals surface area contributed by atoms with Gasteiger partial charge in [-0.3, -0.25) is 14.8 Å². The van der Waals surface area contributed by atoms with E-state index in [1.807, 2.05) is 30.5 Å². The van der Waals surface area contributed by atoms with Crippen molar-refractivity contribution in [1.29, 1.82) is 0 Å². The summed E-state index contributed by atoms with van der Waals surface area (Å²) in [5, 5.41) is 9.30. The van der Waals surface area contributed by atoms with E-state index in [-0.39, 0.29) is 17.9 Å². The highest BCUT2D eigenvalue weighted by atomic mass is 16.5. The number of aromatic nitrogens is 2. The first-order chi connectivity index (χ1) is 19.2. The second kappa shape index (κ2) is 16.6. The Hall–Kier alpha value is -2.47. The number of fused-ring (bicyclic) bond motifs is 1. The smallest absolute Gasteiger partial charge is 0.354 e. The molecule has 2 atom stereocenters. The lowest BCUT2D eigenvalue weighted by Crippen LogP contribution is -2.39. The lowest BCUT2D eigenvalue weighted by molar-refractivity contribution is -0.0993. The molecule has 1 aliphatic carbocycles. The van der Waals surface area contributed by atoms with E-state index >= 15 is 0 Å². The quantitative estimate of drug-likeness (QED) is 0.606. The van der Waals surface area contributed by atoms with Gasteiger partial charge in [-0.1, -0.05) is 25.0 Å². The van der Waals surface area contributed by atoms with Crippen molar-refractivity contribution in [3.8, 4) is 0 Å². The van der Waals surface area contributed by atoms with Crippen LogP contribution in [0, 0.1) is 0 Å². The number of hydrogen-bond acceptors (Lipinski definition) is 9. The Kier molecular flexibility index (Phi) is 12.6. The molecular weight excluding hydrogens is 500 g/mol. The van der Waals surface area contributed by atoms with E-state index < -0.39 is 5.97 Å². The van der Waals surface area contributed by atoms with Crippen LogP contribution in [0.1, 0.15) is 47.6 Å². The number of rotatable bonds is 5. The summed E-state index contributed by atoms with van der Waals surface area (Å²) in [5.41, 5.74) is 1.81. The van der Waals surface area contributed by atoms with Crippen LogP contribution in [-0.4, -0.2) is 109 Å². The first-order valence-electron chi connectivity index (χ1n) is 14.1. The molecule has 0 bridgehead atoms. The van der Waals surface area contributed by atoms with Gasteiger partial charge >= 0.3 is 5.97 Å². The molecule has 214 valence electrons. The van der Waals surface area contributed by atoms with Crippen molar-refractivity contribution in [2.24, 2.45) is 0 Å². The first-order valence-corrected chi connectivity index (χ1v) is 14.1. The summed E-state index contributed by atoms with van der Waals surface area (Å²) >= 11 is 0. The molecule has 2 aromatic heterocycles. The van der Waals surface area contributed by atoms with Gasteiger partial charge in [-0.05, 0) is 37.1 Å². The SMILES string of the molecule is O=C(O)c1cccc(CN2CCOCCOCCN(Cc3ccccn3)CCO[C@@H]3CCCC[C@H]3OCC2)n1. The minimum Gasteiger partial charge on any atom is -0.477 e. The average Bonchev–Trinajstić information content (AvgIpc) is 2.95. The van der Waals surface area contributed by atoms with Crippen molar-refractivity contribution < 1.29 is 28.8 Å². The van der Waals surface area contributed by atoms with Crippen molar-refractivity contribution in [2.75, 3.05) is 65.8 Å². The van der Waals surface area contributed by atoms with Crippen molar-refractivity contribution >= 4 is 5.97 Å². The van der Waals surface area contributed by atoms with Gasteiger partial charge in [0.15, 0.2) is 0 Å². The van der Waals surface area contributed by atoms with Crippen LogP contribution in [0.5, 0.6) is 0 Å². The van der Waals surface area contributed by atoms with Crippen LogP contribution in [-0.2, 0) is 32.0 Å². The van der Waals surface area contributed by atoms with E-state index in [0.29, 0.717) is 59.3 Å². The Morgan fingerprint density at radius 2 is 1.36 bits per heavy atom. The summed E-state index contributed by atoms with van der Waals surface area (Å²) in [5.74, 6) is -1.02. The number of carbonyl (C=O) groups is 1. The van der Waals surface area contributed by atoms with Crippen molar-refractivity contribution in [1.82, 2.24) is 19.8 Å². The van der Waals surface area contributed by atoms with E-state index in [4.69, 9.17) is 18.9 Å². The van der Waals surface area contributed by atoms with Crippen LogP contribution < -0.4 is 0 Å². The fourth-order valence-electron chi connectivity index (χ4n) is 5.00. The summed E-state index contributed by atoms with van der Waals surface area (Å²) in [4.78, 5) is 24.7. The second-order valence-corrected chi connectivity index (χ2v) is 10.0. The minimum absolute atomic E-state index is 0.0549. The average molecular weight is 543 g/mol. The standard InChI is InChI=1S/C29H42N4O6/c34-29(35)26-8-5-7-25(31-26)23-33-13-17-37-21-20-36-16-12-32(22-24-6-3-4-11-30-24)14-18-38-27-9-1-2-10-28(27)39-19-15-33/h3-8,11,27-28H,1-2,9-10,12-23H2,(H,34,35)/t27-,28-/m1/s1. The maximum atomic E-state index is 11.3. The molecule has 2 fully saturated rings. The zero-order valence-electron chi connectivity index (χ0n) is 22.8. The highest BCUT2D eigenvalue weighted by Crippen LogP contribution is 2.24. The number of hydrogen-bond donors (Lipinski definition) is 1. The molecule has 0 radical (unpaired) electrons. The molecule has 10 nitrogen and oxygen atoms in total. The predicted octanol–water partition coefficient (Wildman–Crippen LogP) is 2.87. The van der Waals surface area contributed by atoms with Gasteiger partial charge in [-0.15, -0.1) is 0 Å². The zero-order chi connectivity index (χ0) is 27.1. The number of nitrogens with zero attached hydrogens (tertiary/aromatic N) is 4. The van der Waals surface area contributed by atoms with Crippen LogP contribution >= 0.6 is 0 Å². The van der Waals surface area contributed by atoms with E-state index in [1.54, 1.807) is 6.07 Å². The second-order valence-electron chi connectivity index (χ2n) is 10.0. The molecule has 2 aromatic rings. The van der Waals surface area contributed by atoms with Crippen LogP contribution in [0.3, 0.4) is 0 Å². The van der Waals surface area contributed by atoms with E-state index in [2.05, 4.69) is 19.8 Å². The third kappa shape index (κ3) is 10.6. The first kappa shape index (κ1) is 29.5. The Bertz CT molecular complexity index is 981. The van der Waals surface area contributed by atoms with Crippen molar-refractivity contribution in [2.45, 2.75) is 51.0 Å². The monoisotopic (exact) mass is 542 g/mol. The van der Waals surface area contributed by atoms with Gasteiger partial charge in [-0.25, -0.2) is 9.78 Å². The largest absolute Gasteiger partial charge is 0.477 e. The van der Waals surface area contributed by atoms with E-state index in [9.17, 15) is 9.90 Å².